The van der Waals surface area contributed by atoms with Gasteiger partial charge in [-0.1, -0.05) is 18.2 Å². The van der Waals surface area contributed by atoms with Crippen LogP contribution in [0.25, 0.3) is 0 Å². The van der Waals surface area contributed by atoms with Crippen molar-refractivity contribution >= 4 is 35.7 Å². The maximum absolute atomic E-state index is 5.65. The first-order valence-electron chi connectivity index (χ1n) is 9.99. The van der Waals surface area contributed by atoms with Crippen molar-refractivity contribution in [2.24, 2.45) is 7.05 Å². The molecule has 5 nitrogen and oxygen atoms in total. The number of benzene rings is 2. The first kappa shape index (κ1) is 17.9. The summed E-state index contributed by atoms with van der Waals surface area (Å²) in [7, 11) is 6.10. The lowest BCUT2D eigenvalue weighted by molar-refractivity contribution is -0.657. The molecule has 0 amide bonds. The Labute approximate surface area is 172 Å². The van der Waals surface area contributed by atoms with Crippen LogP contribution in [0.4, 0.5) is 28.6 Å². The molecule has 0 saturated carbocycles. The Morgan fingerprint density at radius 1 is 0.862 bits per heavy atom. The highest BCUT2D eigenvalue weighted by Gasteiger charge is 2.60. The minimum absolute atomic E-state index is 0.0416. The molecule has 3 aromatic rings. The number of para-hydroxylation sites is 2. The molecule has 2 aliphatic heterocycles. The molecule has 0 unspecified atom stereocenters. The van der Waals surface area contributed by atoms with Gasteiger partial charge in [0, 0.05) is 5.56 Å². The number of aromatic nitrogens is 1. The number of ether oxygens (including phenoxy) is 1. The topological polar surface area (TPSA) is 22.8 Å². The van der Waals surface area contributed by atoms with Crippen molar-refractivity contribution in [2.45, 2.75) is 20.8 Å². The highest BCUT2D eigenvalue weighted by Crippen LogP contribution is 2.54. The normalized spacial score (nSPS) is 14.3. The van der Waals surface area contributed by atoms with Crippen LogP contribution >= 0.6 is 0 Å². The molecule has 0 atom stereocenters. The molecule has 5 rings (SSSR count). The molecule has 0 bridgehead atoms. The average molecular weight is 385 g/mol. The van der Waals surface area contributed by atoms with E-state index in [1.165, 1.54) is 34.0 Å². The van der Waals surface area contributed by atoms with Gasteiger partial charge in [-0.15, -0.1) is 0 Å². The van der Waals surface area contributed by atoms with Crippen LogP contribution in [0.1, 0.15) is 16.7 Å². The van der Waals surface area contributed by atoms with Gasteiger partial charge in [0.2, 0.25) is 0 Å². The van der Waals surface area contributed by atoms with E-state index in [0.29, 0.717) is 0 Å². The van der Waals surface area contributed by atoms with E-state index in [1.807, 2.05) is 6.07 Å². The Hall–Kier alpha value is -3.15. The van der Waals surface area contributed by atoms with Crippen LogP contribution in [0.2, 0.25) is 0 Å². The van der Waals surface area contributed by atoms with Gasteiger partial charge < -0.3 is 14.4 Å². The van der Waals surface area contributed by atoms with Crippen molar-refractivity contribution in [1.82, 2.24) is 0 Å². The van der Waals surface area contributed by atoms with Gasteiger partial charge >= 0.3 is 7.12 Å². The lowest BCUT2D eigenvalue weighted by atomic mass is 9.87. The van der Waals surface area contributed by atoms with Crippen molar-refractivity contribution in [2.75, 3.05) is 28.6 Å². The highest BCUT2D eigenvalue weighted by molar-refractivity contribution is 6.78. The molecule has 0 saturated heterocycles. The Morgan fingerprint density at radius 2 is 1.55 bits per heavy atom. The number of hydrogen-bond acceptors (Lipinski definition) is 4. The van der Waals surface area contributed by atoms with Crippen molar-refractivity contribution in [3.05, 3.63) is 65.4 Å². The van der Waals surface area contributed by atoms with E-state index in [2.05, 4.69) is 96.5 Å². The SMILES string of the molecule is COc1cccc(N2B3N(C)c4ccccc4N3c3c(C)c(C)c[n+](C)c32)c1C. The van der Waals surface area contributed by atoms with E-state index >= 15 is 0 Å². The summed E-state index contributed by atoms with van der Waals surface area (Å²) in [6.07, 6.45) is 2.23. The summed E-state index contributed by atoms with van der Waals surface area (Å²) in [5.74, 6) is 2.11. The summed E-state index contributed by atoms with van der Waals surface area (Å²) in [6.45, 7) is 6.56. The van der Waals surface area contributed by atoms with Crippen molar-refractivity contribution < 1.29 is 9.30 Å². The fraction of sp³-hybridized carbons (Fsp3) is 0.261. The summed E-state index contributed by atoms with van der Waals surface area (Å²) >= 11 is 0. The van der Waals surface area contributed by atoms with E-state index in [-0.39, 0.29) is 7.12 Å². The lowest BCUT2D eigenvalue weighted by Crippen LogP contribution is -2.53. The van der Waals surface area contributed by atoms with E-state index in [9.17, 15) is 0 Å². The Kier molecular flexibility index (Phi) is 3.82. The van der Waals surface area contributed by atoms with Crippen LogP contribution in [0.3, 0.4) is 0 Å². The monoisotopic (exact) mass is 385 g/mol. The Morgan fingerprint density at radius 3 is 2.28 bits per heavy atom. The van der Waals surface area contributed by atoms with Crippen LogP contribution in [-0.2, 0) is 7.05 Å². The smallest absolute Gasteiger partial charge is 0.496 e. The third-order valence-corrected chi connectivity index (χ3v) is 6.41. The van der Waals surface area contributed by atoms with E-state index in [0.717, 1.165) is 17.0 Å². The van der Waals surface area contributed by atoms with Gasteiger partial charge in [-0.25, -0.2) is 9.38 Å². The molecule has 3 heterocycles. The zero-order chi connectivity index (χ0) is 20.4. The minimum Gasteiger partial charge on any atom is -0.496 e. The number of anilines is 5. The zero-order valence-electron chi connectivity index (χ0n) is 17.9. The predicted octanol–water partition coefficient (Wildman–Crippen LogP) is 4.17. The summed E-state index contributed by atoms with van der Waals surface area (Å²) < 4.78 is 7.90. The molecule has 146 valence electrons. The van der Waals surface area contributed by atoms with Crippen LogP contribution in [0.5, 0.6) is 5.75 Å². The molecule has 29 heavy (non-hydrogen) atoms. The van der Waals surface area contributed by atoms with Crippen LogP contribution in [-0.4, -0.2) is 21.3 Å². The van der Waals surface area contributed by atoms with Crippen LogP contribution in [0.15, 0.2) is 48.7 Å². The molecule has 0 N–H and O–H groups in total. The molecule has 1 aromatic heterocycles. The summed E-state index contributed by atoms with van der Waals surface area (Å²) in [5.41, 5.74) is 8.69. The quantitative estimate of drug-likeness (QED) is 0.488. The minimum atomic E-state index is 0.0416. The number of nitrogens with zero attached hydrogens (tertiary/aromatic N) is 4. The second-order valence-corrected chi connectivity index (χ2v) is 8.01. The van der Waals surface area contributed by atoms with Crippen molar-refractivity contribution in [3.63, 3.8) is 0 Å². The first-order valence-corrected chi connectivity index (χ1v) is 9.99. The van der Waals surface area contributed by atoms with Gasteiger partial charge in [0.15, 0.2) is 0 Å². The van der Waals surface area contributed by atoms with E-state index in [4.69, 9.17) is 4.74 Å². The largest absolute Gasteiger partial charge is 0.639 e. The summed E-state index contributed by atoms with van der Waals surface area (Å²) in [4.78, 5) is 7.29. The Bertz CT molecular complexity index is 1150. The van der Waals surface area contributed by atoms with Gasteiger partial charge in [-0.2, -0.15) is 0 Å². The molecule has 0 aliphatic carbocycles. The highest BCUT2D eigenvalue weighted by atomic mass is 16.5. The van der Waals surface area contributed by atoms with Gasteiger partial charge in [0.05, 0.1) is 31.7 Å². The number of aryl methyl sites for hydroxylation is 2. The predicted molar refractivity (Wildman–Crippen MR) is 120 cm³/mol. The number of methoxy groups -OCH3 is 1. The molecule has 6 heteroatoms. The standard InChI is InChI=1S/C23H26BN4O/c1-15-14-25(4)23-22(16(15)2)27-20-11-8-7-10-19(20)26(5)24(27)28(23)18-12-9-13-21(29-6)17(18)3/h7-14H,1-6H3/q+1. The van der Waals surface area contributed by atoms with Gasteiger partial charge in [-0.3, -0.25) is 0 Å². The van der Waals surface area contributed by atoms with Crippen LogP contribution in [0, 0.1) is 20.8 Å². The maximum Gasteiger partial charge on any atom is 0.639 e. The maximum atomic E-state index is 5.65. The second-order valence-electron chi connectivity index (χ2n) is 8.01. The molecular formula is C23H26BN4O+. The molecule has 0 spiro atoms. The molecule has 0 radical (unpaired) electrons. The van der Waals surface area contributed by atoms with Crippen molar-refractivity contribution in [1.29, 1.82) is 0 Å². The average Bonchev–Trinajstić information content (AvgIpc) is 3.21. The lowest BCUT2D eigenvalue weighted by Gasteiger charge is -2.24. The number of fused-ring (bicyclic) bond motifs is 5. The zero-order valence-corrected chi connectivity index (χ0v) is 17.9. The second kappa shape index (κ2) is 6.18. The molecule has 2 aromatic carbocycles. The number of pyridine rings is 1. The molecule has 2 aliphatic rings. The third-order valence-electron chi connectivity index (χ3n) is 6.41. The van der Waals surface area contributed by atoms with Gasteiger partial charge in [0.1, 0.15) is 17.1 Å². The number of hydrogen-bond donors (Lipinski definition) is 0. The summed E-state index contributed by atoms with van der Waals surface area (Å²) in [6, 6.07) is 15.0. The fourth-order valence-electron chi connectivity index (χ4n) is 4.89. The Balaban J connectivity index is 1.84. The van der Waals surface area contributed by atoms with Gasteiger partial charge in [0.25, 0.3) is 5.82 Å². The van der Waals surface area contributed by atoms with Crippen molar-refractivity contribution in [3.8, 4) is 5.75 Å². The molecule has 0 fully saturated rings. The van der Waals surface area contributed by atoms with Gasteiger partial charge in [-0.05, 0) is 63.2 Å². The van der Waals surface area contributed by atoms with E-state index in [1.54, 1.807) is 7.11 Å². The fourth-order valence-corrected chi connectivity index (χ4v) is 4.89. The third kappa shape index (κ3) is 2.26. The summed E-state index contributed by atoms with van der Waals surface area (Å²) in [5, 5.41) is 0. The van der Waals surface area contributed by atoms with Crippen LogP contribution < -0.4 is 23.7 Å². The number of rotatable bonds is 2. The first-order chi connectivity index (χ1) is 14.0. The molecular weight excluding hydrogens is 359 g/mol. The van der Waals surface area contributed by atoms with E-state index < -0.39 is 0 Å².